The largest absolute Gasteiger partial charge is 0.490 e. The van der Waals surface area contributed by atoms with Crippen LogP contribution in [0.2, 0.25) is 0 Å². The second-order valence-corrected chi connectivity index (χ2v) is 7.88. The molecule has 2 aromatic rings. The fourth-order valence-corrected chi connectivity index (χ4v) is 4.34. The van der Waals surface area contributed by atoms with Gasteiger partial charge < -0.3 is 14.7 Å². The van der Waals surface area contributed by atoms with Gasteiger partial charge in [-0.2, -0.15) is 5.26 Å². The van der Waals surface area contributed by atoms with Crippen LogP contribution < -0.4 is 4.74 Å². The topological polar surface area (TPSA) is 56.5 Å². The van der Waals surface area contributed by atoms with Crippen LogP contribution in [0.25, 0.3) is 0 Å². The Morgan fingerprint density at radius 2 is 1.96 bits per heavy atom. The number of hydrogen-bond acceptors (Lipinski definition) is 4. The maximum atomic E-state index is 10.7. The average Bonchev–Trinajstić information content (AvgIpc) is 3.08. The number of aliphatic hydroxyl groups is 1. The maximum absolute atomic E-state index is 10.7. The van der Waals surface area contributed by atoms with Gasteiger partial charge >= 0.3 is 0 Å². The third-order valence-corrected chi connectivity index (χ3v) is 5.99. The Balaban J connectivity index is 1.39. The van der Waals surface area contributed by atoms with Crippen molar-refractivity contribution in [3.8, 4) is 11.8 Å². The molecule has 2 aliphatic rings. The molecule has 2 atom stereocenters. The number of piperidine rings is 1. The summed E-state index contributed by atoms with van der Waals surface area (Å²) in [5.41, 5.74) is 2.85. The summed E-state index contributed by atoms with van der Waals surface area (Å²) >= 11 is 0. The molecule has 0 saturated carbocycles. The number of rotatable bonds is 4. The first-order valence-corrected chi connectivity index (χ1v) is 9.76. The van der Waals surface area contributed by atoms with Gasteiger partial charge in [0, 0.05) is 26.1 Å². The first-order chi connectivity index (χ1) is 13.1. The van der Waals surface area contributed by atoms with Crippen molar-refractivity contribution in [3.05, 3.63) is 65.2 Å². The molecule has 1 N–H and O–H groups in total. The Kier molecular flexibility index (Phi) is 4.90. The molecule has 140 valence electrons. The fourth-order valence-electron chi connectivity index (χ4n) is 4.34. The van der Waals surface area contributed by atoms with Crippen molar-refractivity contribution >= 4 is 0 Å². The molecule has 0 bridgehead atoms. The molecular weight excluding hydrogens is 336 g/mol. The molecule has 0 amide bonds. The van der Waals surface area contributed by atoms with Crippen molar-refractivity contribution < 1.29 is 9.84 Å². The highest BCUT2D eigenvalue weighted by atomic mass is 16.5. The minimum Gasteiger partial charge on any atom is -0.490 e. The predicted molar refractivity (Wildman–Crippen MR) is 105 cm³/mol. The van der Waals surface area contributed by atoms with E-state index in [2.05, 4.69) is 36.1 Å². The van der Waals surface area contributed by atoms with Crippen LogP contribution >= 0.6 is 0 Å². The zero-order valence-corrected chi connectivity index (χ0v) is 15.8. The SMILES string of the molecule is C[C@@H]1Cc2cc([C@H](O)CN3CCC(C#N)(c4ccccc4)CC3)ccc2O1. The maximum Gasteiger partial charge on any atom is 0.123 e. The first kappa shape index (κ1) is 18.0. The second kappa shape index (κ2) is 7.34. The molecule has 0 aromatic heterocycles. The molecule has 0 radical (unpaired) electrons. The van der Waals surface area contributed by atoms with Gasteiger partial charge in [-0.15, -0.1) is 0 Å². The van der Waals surface area contributed by atoms with E-state index in [9.17, 15) is 10.4 Å². The van der Waals surface area contributed by atoms with Gasteiger partial charge in [-0.1, -0.05) is 36.4 Å². The van der Waals surface area contributed by atoms with E-state index >= 15 is 0 Å². The Hall–Kier alpha value is -2.35. The molecule has 1 saturated heterocycles. The molecule has 2 aliphatic heterocycles. The second-order valence-electron chi connectivity index (χ2n) is 7.88. The molecule has 4 nitrogen and oxygen atoms in total. The summed E-state index contributed by atoms with van der Waals surface area (Å²) < 4.78 is 5.75. The number of fused-ring (bicyclic) bond motifs is 1. The van der Waals surface area contributed by atoms with Gasteiger partial charge in [0.15, 0.2) is 0 Å². The van der Waals surface area contributed by atoms with Gasteiger partial charge in [0.2, 0.25) is 0 Å². The normalized spacial score (nSPS) is 22.5. The molecule has 4 heteroatoms. The lowest BCUT2D eigenvalue weighted by molar-refractivity contribution is 0.0897. The number of nitrogens with zero attached hydrogens (tertiary/aromatic N) is 2. The number of nitriles is 1. The number of ether oxygens (including phenoxy) is 1. The molecule has 0 spiro atoms. The minimum absolute atomic E-state index is 0.214. The molecule has 1 fully saturated rings. The van der Waals surface area contributed by atoms with Gasteiger partial charge in [0.25, 0.3) is 0 Å². The highest BCUT2D eigenvalue weighted by Gasteiger charge is 2.36. The summed E-state index contributed by atoms with van der Waals surface area (Å²) in [5.74, 6) is 0.943. The van der Waals surface area contributed by atoms with Crippen LogP contribution in [0.3, 0.4) is 0 Å². The Morgan fingerprint density at radius 3 is 2.67 bits per heavy atom. The van der Waals surface area contributed by atoms with Crippen LogP contribution in [0, 0.1) is 11.3 Å². The summed E-state index contributed by atoms with van der Waals surface area (Å²) in [6.45, 7) is 4.32. The van der Waals surface area contributed by atoms with Crippen molar-refractivity contribution in [2.75, 3.05) is 19.6 Å². The van der Waals surface area contributed by atoms with E-state index in [1.54, 1.807) is 0 Å². The van der Waals surface area contributed by atoms with Gasteiger partial charge in [-0.3, -0.25) is 0 Å². The van der Waals surface area contributed by atoms with Crippen LogP contribution in [0.4, 0.5) is 0 Å². The Morgan fingerprint density at radius 1 is 1.22 bits per heavy atom. The Bertz CT molecular complexity index is 835. The van der Waals surface area contributed by atoms with Gasteiger partial charge in [-0.25, -0.2) is 0 Å². The quantitative estimate of drug-likeness (QED) is 0.903. The van der Waals surface area contributed by atoms with E-state index in [1.807, 2.05) is 30.3 Å². The van der Waals surface area contributed by atoms with Crippen LogP contribution in [-0.2, 0) is 11.8 Å². The van der Waals surface area contributed by atoms with Crippen LogP contribution in [0.15, 0.2) is 48.5 Å². The zero-order chi connectivity index (χ0) is 18.9. The fraction of sp³-hybridized carbons (Fsp3) is 0.435. The molecular formula is C23H26N2O2. The highest BCUT2D eigenvalue weighted by Crippen LogP contribution is 2.36. The first-order valence-electron chi connectivity index (χ1n) is 9.76. The lowest BCUT2D eigenvalue weighted by Gasteiger charge is -2.38. The monoisotopic (exact) mass is 362 g/mol. The lowest BCUT2D eigenvalue weighted by atomic mass is 9.74. The summed E-state index contributed by atoms with van der Waals surface area (Å²) in [4.78, 5) is 2.27. The smallest absolute Gasteiger partial charge is 0.123 e. The number of likely N-dealkylation sites (tertiary alicyclic amines) is 1. The molecule has 4 rings (SSSR count). The van der Waals surface area contributed by atoms with Gasteiger partial charge in [0.05, 0.1) is 17.6 Å². The van der Waals surface area contributed by atoms with Crippen molar-refractivity contribution in [2.45, 2.75) is 43.8 Å². The van der Waals surface area contributed by atoms with E-state index in [1.165, 1.54) is 5.56 Å². The molecule has 0 aliphatic carbocycles. The number of benzene rings is 2. The van der Waals surface area contributed by atoms with E-state index in [0.29, 0.717) is 6.54 Å². The third-order valence-electron chi connectivity index (χ3n) is 5.99. The van der Waals surface area contributed by atoms with Crippen LogP contribution in [0.1, 0.15) is 42.6 Å². The van der Waals surface area contributed by atoms with Crippen molar-refractivity contribution in [3.63, 3.8) is 0 Å². The van der Waals surface area contributed by atoms with E-state index < -0.39 is 11.5 Å². The summed E-state index contributed by atoms with van der Waals surface area (Å²) in [6, 6.07) is 18.7. The van der Waals surface area contributed by atoms with Crippen LogP contribution in [0.5, 0.6) is 5.75 Å². The number of β-amino-alcohol motifs (C(OH)–C–C–N with tert-alkyl or cyclic N) is 1. The number of aliphatic hydroxyl groups excluding tert-OH is 1. The van der Waals surface area contributed by atoms with E-state index in [4.69, 9.17) is 4.74 Å². The van der Waals surface area contributed by atoms with Crippen LogP contribution in [-0.4, -0.2) is 35.7 Å². The van der Waals surface area contributed by atoms with E-state index in [-0.39, 0.29) is 6.10 Å². The van der Waals surface area contributed by atoms with Crippen molar-refractivity contribution in [2.24, 2.45) is 0 Å². The molecule has 0 unspecified atom stereocenters. The summed E-state index contributed by atoms with van der Waals surface area (Å²) in [7, 11) is 0. The highest BCUT2D eigenvalue weighted by molar-refractivity contribution is 5.41. The van der Waals surface area contributed by atoms with Gasteiger partial charge in [-0.05, 0) is 48.6 Å². The predicted octanol–water partition coefficient (Wildman–Crippen LogP) is 3.60. The summed E-state index contributed by atoms with van der Waals surface area (Å²) in [5, 5.41) is 20.5. The molecule has 27 heavy (non-hydrogen) atoms. The van der Waals surface area contributed by atoms with Crippen molar-refractivity contribution in [1.29, 1.82) is 5.26 Å². The van der Waals surface area contributed by atoms with E-state index in [0.717, 1.165) is 49.2 Å². The molecule has 2 heterocycles. The summed E-state index contributed by atoms with van der Waals surface area (Å²) in [6.07, 6.45) is 2.21. The standard InChI is InChI=1S/C23H26N2O2/c1-17-13-19-14-18(7-8-22(19)27-17)21(26)15-25-11-9-23(16-24,10-12-25)20-5-3-2-4-6-20/h2-8,14,17,21,26H,9-13,15H2,1H3/t17-,21-/m1/s1. The Labute approximate surface area is 161 Å². The van der Waals surface area contributed by atoms with Gasteiger partial charge in [0.1, 0.15) is 11.9 Å². The van der Waals surface area contributed by atoms with Crippen molar-refractivity contribution in [1.82, 2.24) is 4.90 Å². The third kappa shape index (κ3) is 3.58. The zero-order valence-electron chi connectivity index (χ0n) is 15.8. The minimum atomic E-state index is -0.516. The average molecular weight is 362 g/mol. The number of hydrogen-bond donors (Lipinski definition) is 1. The molecule has 2 aromatic carbocycles. The lowest BCUT2D eigenvalue weighted by Crippen LogP contribution is -2.43.